The molecule has 0 aromatic carbocycles. The van der Waals surface area contributed by atoms with Crippen LogP contribution in [0, 0.1) is 5.41 Å². The molecule has 3 nitrogen and oxygen atoms in total. The van der Waals surface area contributed by atoms with Crippen LogP contribution < -0.4 is 5.73 Å². The van der Waals surface area contributed by atoms with Gasteiger partial charge >= 0.3 is 0 Å². The molecule has 1 rings (SSSR count). The molecule has 4 heteroatoms. The van der Waals surface area contributed by atoms with Crippen LogP contribution in [0.1, 0.15) is 17.8 Å². The second kappa shape index (κ2) is 3.58. The third-order valence-corrected chi connectivity index (χ3v) is 2.96. The molecule has 66 valence electrons. The standard InChI is InChI=1S/C8H13N3S/c1-6(11(2)8(9)10)7-4-3-5-12-7/h3-6H,1-2H3,(H3,9,10). The van der Waals surface area contributed by atoms with Crippen molar-refractivity contribution in [3.05, 3.63) is 22.4 Å². The van der Waals surface area contributed by atoms with E-state index in [1.165, 1.54) is 4.88 Å². The molecule has 0 saturated heterocycles. The van der Waals surface area contributed by atoms with E-state index in [4.69, 9.17) is 11.1 Å². The van der Waals surface area contributed by atoms with Gasteiger partial charge in [0, 0.05) is 11.9 Å². The van der Waals surface area contributed by atoms with Crippen molar-refractivity contribution in [2.24, 2.45) is 5.73 Å². The van der Waals surface area contributed by atoms with Gasteiger partial charge in [-0.25, -0.2) is 0 Å². The summed E-state index contributed by atoms with van der Waals surface area (Å²) in [6.07, 6.45) is 0. The molecule has 1 aromatic rings. The number of hydrogen-bond donors (Lipinski definition) is 2. The first-order valence-electron chi connectivity index (χ1n) is 3.73. The second-order valence-electron chi connectivity index (χ2n) is 2.69. The van der Waals surface area contributed by atoms with Crippen molar-refractivity contribution in [2.75, 3.05) is 7.05 Å². The number of thiophene rings is 1. The predicted molar refractivity (Wildman–Crippen MR) is 52.4 cm³/mol. The zero-order valence-corrected chi connectivity index (χ0v) is 8.06. The molecule has 0 bridgehead atoms. The molecule has 12 heavy (non-hydrogen) atoms. The van der Waals surface area contributed by atoms with Crippen molar-refractivity contribution in [3.8, 4) is 0 Å². The maximum atomic E-state index is 7.24. The van der Waals surface area contributed by atoms with E-state index in [-0.39, 0.29) is 12.0 Å². The number of guanidine groups is 1. The fourth-order valence-corrected chi connectivity index (χ4v) is 1.75. The highest BCUT2D eigenvalue weighted by molar-refractivity contribution is 7.10. The first-order chi connectivity index (χ1) is 5.63. The van der Waals surface area contributed by atoms with Gasteiger partial charge in [0.1, 0.15) is 0 Å². The minimum Gasteiger partial charge on any atom is -0.370 e. The molecular weight excluding hydrogens is 170 g/mol. The Bertz CT molecular complexity index is 255. The van der Waals surface area contributed by atoms with Crippen molar-refractivity contribution >= 4 is 17.3 Å². The molecule has 1 heterocycles. The molecule has 1 atom stereocenters. The molecule has 0 amide bonds. The van der Waals surface area contributed by atoms with Gasteiger partial charge in [-0.1, -0.05) is 6.07 Å². The quantitative estimate of drug-likeness (QED) is 0.541. The van der Waals surface area contributed by atoms with Gasteiger partial charge in [-0.2, -0.15) is 0 Å². The Morgan fingerprint density at radius 2 is 2.42 bits per heavy atom. The summed E-state index contributed by atoms with van der Waals surface area (Å²) in [4.78, 5) is 2.97. The van der Waals surface area contributed by atoms with Crippen LogP contribution in [0.5, 0.6) is 0 Å². The first kappa shape index (κ1) is 9.06. The summed E-state index contributed by atoms with van der Waals surface area (Å²) in [6.45, 7) is 2.03. The average Bonchev–Trinajstić information content (AvgIpc) is 2.53. The van der Waals surface area contributed by atoms with Crippen LogP contribution in [0.2, 0.25) is 0 Å². The predicted octanol–water partition coefficient (Wildman–Crippen LogP) is 1.63. The van der Waals surface area contributed by atoms with Gasteiger partial charge in [0.25, 0.3) is 0 Å². The van der Waals surface area contributed by atoms with Crippen LogP contribution in [-0.2, 0) is 0 Å². The lowest BCUT2D eigenvalue weighted by atomic mass is 10.2. The van der Waals surface area contributed by atoms with Crippen molar-refractivity contribution in [1.82, 2.24) is 4.90 Å². The lowest BCUT2D eigenvalue weighted by Gasteiger charge is -2.23. The SMILES string of the molecule is CC(c1cccs1)N(C)C(=N)N. The van der Waals surface area contributed by atoms with Crippen molar-refractivity contribution in [1.29, 1.82) is 5.41 Å². The summed E-state index contributed by atoms with van der Waals surface area (Å²) in [5.74, 6) is 0.107. The molecular formula is C8H13N3S. The highest BCUT2D eigenvalue weighted by Crippen LogP contribution is 2.22. The van der Waals surface area contributed by atoms with Gasteiger partial charge in [-0.3, -0.25) is 5.41 Å². The third kappa shape index (κ3) is 1.76. The second-order valence-corrected chi connectivity index (χ2v) is 3.67. The Kier molecular flexibility index (Phi) is 2.70. The van der Waals surface area contributed by atoms with Gasteiger partial charge in [-0.15, -0.1) is 11.3 Å². The van der Waals surface area contributed by atoms with E-state index in [0.29, 0.717) is 0 Å². The smallest absolute Gasteiger partial charge is 0.188 e. The van der Waals surface area contributed by atoms with Gasteiger partial charge < -0.3 is 10.6 Å². The minimum absolute atomic E-state index is 0.107. The molecule has 0 radical (unpaired) electrons. The van der Waals surface area contributed by atoms with E-state index in [1.807, 2.05) is 25.4 Å². The lowest BCUT2D eigenvalue weighted by molar-refractivity contribution is 0.401. The Morgan fingerprint density at radius 3 is 2.83 bits per heavy atom. The molecule has 1 unspecified atom stereocenters. The van der Waals surface area contributed by atoms with Crippen LogP contribution in [0.15, 0.2) is 17.5 Å². The van der Waals surface area contributed by atoms with Crippen LogP contribution in [0.4, 0.5) is 0 Å². The zero-order chi connectivity index (χ0) is 9.14. The highest BCUT2D eigenvalue weighted by Gasteiger charge is 2.12. The molecule has 0 saturated carbocycles. The van der Waals surface area contributed by atoms with Crippen LogP contribution >= 0.6 is 11.3 Å². The van der Waals surface area contributed by atoms with Gasteiger partial charge in [-0.05, 0) is 18.4 Å². The van der Waals surface area contributed by atoms with E-state index < -0.39 is 0 Å². The molecule has 0 spiro atoms. The normalized spacial score (nSPS) is 12.5. The number of hydrogen-bond acceptors (Lipinski definition) is 2. The van der Waals surface area contributed by atoms with Crippen LogP contribution in [0.3, 0.4) is 0 Å². The van der Waals surface area contributed by atoms with E-state index in [2.05, 4.69) is 6.07 Å². The fraction of sp³-hybridized carbons (Fsp3) is 0.375. The maximum absolute atomic E-state index is 7.24. The largest absolute Gasteiger partial charge is 0.370 e. The number of rotatable bonds is 2. The highest BCUT2D eigenvalue weighted by atomic mass is 32.1. The van der Waals surface area contributed by atoms with Crippen LogP contribution in [0.25, 0.3) is 0 Å². The summed E-state index contributed by atoms with van der Waals surface area (Å²) < 4.78 is 0. The van der Waals surface area contributed by atoms with E-state index in [9.17, 15) is 0 Å². The third-order valence-electron chi connectivity index (χ3n) is 1.92. The van der Waals surface area contributed by atoms with Crippen molar-refractivity contribution in [2.45, 2.75) is 13.0 Å². The Balaban J connectivity index is 2.71. The summed E-state index contributed by atoms with van der Waals surface area (Å²) >= 11 is 1.68. The van der Waals surface area contributed by atoms with E-state index >= 15 is 0 Å². The Labute approximate surface area is 76.3 Å². The molecule has 3 N–H and O–H groups in total. The number of nitrogens with zero attached hydrogens (tertiary/aromatic N) is 1. The molecule has 0 fully saturated rings. The minimum atomic E-state index is 0.107. The fourth-order valence-electron chi connectivity index (χ4n) is 0.928. The zero-order valence-electron chi connectivity index (χ0n) is 7.24. The van der Waals surface area contributed by atoms with Crippen molar-refractivity contribution in [3.63, 3.8) is 0 Å². The van der Waals surface area contributed by atoms with Crippen LogP contribution in [-0.4, -0.2) is 17.9 Å². The lowest BCUT2D eigenvalue weighted by Crippen LogP contribution is -2.34. The maximum Gasteiger partial charge on any atom is 0.188 e. The monoisotopic (exact) mass is 183 g/mol. The number of nitrogens with two attached hydrogens (primary N) is 1. The van der Waals surface area contributed by atoms with Gasteiger partial charge in [0.05, 0.1) is 6.04 Å². The van der Waals surface area contributed by atoms with Crippen molar-refractivity contribution < 1.29 is 0 Å². The van der Waals surface area contributed by atoms with E-state index in [1.54, 1.807) is 16.2 Å². The Morgan fingerprint density at radius 1 is 1.75 bits per heavy atom. The number of nitrogens with one attached hydrogen (secondary N) is 1. The first-order valence-corrected chi connectivity index (χ1v) is 4.61. The van der Waals surface area contributed by atoms with Gasteiger partial charge in [0.2, 0.25) is 0 Å². The molecule has 0 aliphatic rings. The summed E-state index contributed by atoms with van der Waals surface area (Å²) in [5, 5.41) is 9.27. The van der Waals surface area contributed by atoms with E-state index in [0.717, 1.165) is 0 Å². The summed E-state index contributed by atoms with van der Waals surface area (Å²) in [7, 11) is 1.83. The summed E-state index contributed by atoms with van der Waals surface area (Å²) in [5.41, 5.74) is 5.36. The molecule has 0 aliphatic heterocycles. The summed E-state index contributed by atoms with van der Waals surface area (Å²) in [6, 6.07) is 4.25. The van der Waals surface area contributed by atoms with Gasteiger partial charge in [0.15, 0.2) is 5.96 Å². The Hall–Kier alpha value is -1.03. The average molecular weight is 183 g/mol. The molecule has 0 aliphatic carbocycles. The topological polar surface area (TPSA) is 53.1 Å². The molecule has 1 aromatic heterocycles.